The lowest BCUT2D eigenvalue weighted by Gasteiger charge is -2.08. The molecule has 0 aromatic heterocycles. The van der Waals surface area contributed by atoms with Gasteiger partial charge in [0.1, 0.15) is 0 Å². The van der Waals surface area contributed by atoms with E-state index >= 15 is 0 Å². The van der Waals surface area contributed by atoms with Gasteiger partial charge in [0.25, 0.3) is 0 Å². The molecular formula is C20H22N2O5. The van der Waals surface area contributed by atoms with Gasteiger partial charge < -0.3 is 10.1 Å². The molecule has 7 heteroatoms. The highest BCUT2D eigenvalue weighted by Crippen LogP contribution is 2.25. The van der Waals surface area contributed by atoms with Gasteiger partial charge in [0, 0.05) is 23.7 Å². The number of amides is 1. The summed E-state index contributed by atoms with van der Waals surface area (Å²) < 4.78 is 5.30. The Labute approximate surface area is 157 Å². The van der Waals surface area contributed by atoms with E-state index in [1.165, 1.54) is 18.2 Å². The molecule has 0 saturated heterocycles. The second-order valence-electron chi connectivity index (χ2n) is 6.02. The number of nitro benzene ring substituents is 1. The smallest absolute Gasteiger partial charge is 0.310 e. The van der Waals surface area contributed by atoms with Gasteiger partial charge in [-0.15, -0.1) is 0 Å². The van der Waals surface area contributed by atoms with Gasteiger partial charge in [0.2, 0.25) is 5.91 Å². The summed E-state index contributed by atoms with van der Waals surface area (Å²) in [7, 11) is 0. The van der Waals surface area contributed by atoms with E-state index in [-0.39, 0.29) is 29.7 Å². The van der Waals surface area contributed by atoms with Gasteiger partial charge in [-0.3, -0.25) is 19.7 Å². The van der Waals surface area contributed by atoms with Gasteiger partial charge in [0.05, 0.1) is 4.92 Å². The SMILES string of the molecule is CCCCCC(=O)Nc1ccc(C(=O)COc2ccccc2[N+](=O)[O-])cc1. The first-order valence-corrected chi connectivity index (χ1v) is 8.80. The fourth-order valence-electron chi connectivity index (χ4n) is 2.46. The van der Waals surface area contributed by atoms with Crippen molar-refractivity contribution in [3.63, 3.8) is 0 Å². The molecule has 0 heterocycles. The topological polar surface area (TPSA) is 98.5 Å². The minimum absolute atomic E-state index is 0.0480. The number of unbranched alkanes of at least 4 members (excludes halogenated alkanes) is 2. The third kappa shape index (κ3) is 6.22. The summed E-state index contributed by atoms with van der Waals surface area (Å²) in [6.45, 7) is 1.76. The Kier molecular flexibility index (Phi) is 7.49. The number of anilines is 1. The largest absolute Gasteiger partial charge is 0.478 e. The van der Waals surface area contributed by atoms with Crippen LogP contribution in [0.1, 0.15) is 43.0 Å². The van der Waals surface area contributed by atoms with Crippen LogP contribution >= 0.6 is 0 Å². The highest BCUT2D eigenvalue weighted by molar-refractivity contribution is 5.98. The maximum atomic E-state index is 12.2. The first-order chi connectivity index (χ1) is 13.0. The minimum atomic E-state index is -0.558. The molecule has 0 bridgehead atoms. The van der Waals surface area contributed by atoms with Crippen molar-refractivity contribution in [2.45, 2.75) is 32.6 Å². The molecule has 0 aliphatic heterocycles. The summed E-state index contributed by atoms with van der Waals surface area (Å²) >= 11 is 0. The number of hydrogen-bond donors (Lipinski definition) is 1. The summed E-state index contributed by atoms with van der Waals surface area (Å²) in [6, 6.07) is 12.4. The Morgan fingerprint density at radius 3 is 2.44 bits per heavy atom. The van der Waals surface area contributed by atoms with E-state index in [1.807, 2.05) is 0 Å². The summed E-state index contributed by atoms with van der Waals surface area (Å²) in [5, 5.41) is 13.7. The monoisotopic (exact) mass is 370 g/mol. The number of rotatable bonds is 10. The van der Waals surface area contributed by atoms with Gasteiger partial charge in [0.15, 0.2) is 18.1 Å². The molecule has 7 nitrogen and oxygen atoms in total. The lowest BCUT2D eigenvalue weighted by atomic mass is 10.1. The van der Waals surface area contributed by atoms with Gasteiger partial charge in [-0.05, 0) is 36.8 Å². The molecular weight excluding hydrogens is 348 g/mol. The number of para-hydroxylation sites is 2. The van der Waals surface area contributed by atoms with Crippen LogP contribution < -0.4 is 10.1 Å². The normalized spacial score (nSPS) is 10.3. The Hall–Kier alpha value is -3.22. The van der Waals surface area contributed by atoms with Gasteiger partial charge in [-0.2, -0.15) is 0 Å². The van der Waals surface area contributed by atoms with E-state index in [9.17, 15) is 19.7 Å². The summed E-state index contributed by atoms with van der Waals surface area (Å²) in [5.74, 6) is -0.317. The zero-order valence-electron chi connectivity index (χ0n) is 15.1. The van der Waals surface area contributed by atoms with Crippen molar-refractivity contribution in [1.29, 1.82) is 0 Å². The molecule has 1 N–H and O–H groups in total. The molecule has 0 radical (unpaired) electrons. The molecule has 2 aromatic rings. The maximum absolute atomic E-state index is 12.2. The zero-order valence-corrected chi connectivity index (χ0v) is 15.1. The second kappa shape index (κ2) is 10.1. The molecule has 142 valence electrons. The van der Waals surface area contributed by atoms with E-state index in [1.54, 1.807) is 30.3 Å². The molecule has 0 aliphatic rings. The Bertz CT molecular complexity index is 802. The zero-order chi connectivity index (χ0) is 19.6. The Morgan fingerprint density at radius 1 is 1.07 bits per heavy atom. The number of carbonyl (C=O) groups excluding carboxylic acids is 2. The van der Waals surface area contributed by atoms with E-state index in [4.69, 9.17) is 4.74 Å². The number of nitro groups is 1. The van der Waals surface area contributed by atoms with Crippen molar-refractivity contribution in [3.8, 4) is 5.75 Å². The summed E-state index contributed by atoms with van der Waals surface area (Å²) in [5.41, 5.74) is 0.830. The number of nitrogens with one attached hydrogen (secondary N) is 1. The number of benzene rings is 2. The molecule has 27 heavy (non-hydrogen) atoms. The van der Waals surface area contributed by atoms with E-state index in [0.29, 0.717) is 17.7 Å². The van der Waals surface area contributed by atoms with Crippen molar-refractivity contribution in [1.82, 2.24) is 0 Å². The van der Waals surface area contributed by atoms with Crippen LogP contribution in [-0.2, 0) is 4.79 Å². The van der Waals surface area contributed by atoms with Gasteiger partial charge >= 0.3 is 5.69 Å². The quantitative estimate of drug-likeness (QED) is 0.290. The van der Waals surface area contributed by atoms with Crippen LogP contribution in [-0.4, -0.2) is 23.2 Å². The first kappa shape index (κ1) is 20.1. The average Bonchev–Trinajstić information content (AvgIpc) is 2.67. The van der Waals surface area contributed by atoms with Crippen molar-refractivity contribution < 1.29 is 19.2 Å². The van der Waals surface area contributed by atoms with Crippen LogP contribution in [0.2, 0.25) is 0 Å². The molecule has 0 saturated carbocycles. The maximum Gasteiger partial charge on any atom is 0.310 e. The number of ketones is 1. The van der Waals surface area contributed by atoms with Gasteiger partial charge in [-0.25, -0.2) is 0 Å². The molecule has 0 aliphatic carbocycles. The van der Waals surface area contributed by atoms with Crippen LogP contribution in [0.3, 0.4) is 0 Å². The van der Waals surface area contributed by atoms with Crippen molar-refractivity contribution in [2.24, 2.45) is 0 Å². The van der Waals surface area contributed by atoms with Crippen molar-refractivity contribution in [3.05, 3.63) is 64.2 Å². The lowest BCUT2D eigenvalue weighted by Crippen LogP contribution is -2.13. The third-order valence-electron chi connectivity index (χ3n) is 3.92. The van der Waals surface area contributed by atoms with Crippen LogP contribution in [0.5, 0.6) is 5.75 Å². The molecule has 2 rings (SSSR count). The van der Waals surface area contributed by atoms with Crippen molar-refractivity contribution >= 4 is 23.1 Å². The molecule has 1 amide bonds. The third-order valence-corrected chi connectivity index (χ3v) is 3.92. The molecule has 0 fully saturated rings. The van der Waals surface area contributed by atoms with Crippen LogP contribution in [0.4, 0.5) is 11.4 Å². The Morgan fingerprint density at radius 2 is 1.78 bits per heavy atom. The predicted octanol–water partition coefficient (Wildman–Crippen LogP) is 4.38. The molecule has 0 atom stereocenters. The molecule has 0 spiro atoms. The number of carbonyl (C=O) groups is 2. The highest BCUT2D eigenvalue weighted by atomic mass is 16.6. The summed E-state index contributed by atoms with van der Waals surface area (Å²) in [4.78, 5) is 34.4. The standard InChI is InChI=1S/C20H22N2O5/c1-2-3-4-9-20(24)21-16-12-10-15(11-13-16)18(23)14-27-19-8-6-5-7-17(19)22(25)26/h5-8,10-13H,2-4,9,14H2,1H3,(H,21,24). The number of Topliss-reactive ketones (excluding diaryl/α,β-unsaturated/α-hetero) is 1. The number of ether oxygens (including phenoxy) is 1. The fourth-order valence-corrected chi connectivity index (χ4v) is 2.46. The number of hydrogen-bond acceptors (Lipinski definition) is 5. The number of nitrogens with zero attached hydrogens (tertiary/aromatic N) is 1. The van der Waals surface area contributed by atoms with Crippen molar-refractivity contribution in [2.75, 3.05) is 11.9 Å². The molecule has 0 unspecified atom stereocenters. The van der Waals surface area contributed by atoms with Crippen LogP contribution in [0.15, 0.2) is 48.5 Å². The van der Waals surface area contributed by atoms with Crippen LogP contribution in [0, 0.1) is 10.1 Å². The van der Waals surface area contributed by atoms with Gasteiger partial charge in [-0.1, -0.05) is 31.9 Å². The van der Waals surface area contributed by atoms with E-state index in [0.717, 1.165) is 19.3 Å². The van der Waals surface area contributed by atoms with E-state index in [2.05, 4.69) is 12.2 Å². The first-order valence-electron chi connectivity index (χ1n) is 8.80. The lowest BCUT2D eigenvalue weighted by molar-refractivity contribution is -0.385. The predicted molar refractivity (Wildman–Crippen MR) is 102 cm³/mol. The minimum Gasteiger partial charge on any atom is -0.478 e. The second-order valence-corrected chi connectivity index (χ2v) is 6.02. The molecule has 2 aromatic carbocycles. The average molecular weight is 370 g/mol. The van der Waals surface area contributed by atoms with E-state index < -0.39 is 4.92 Å². The van der Waals surface area contributed by atoms with Crippen LogP contribution in [0.25, 0.3) is 0 Å². The highest BCUT2D eigenvalue weighted by Gasteiger charge is 2.15. The fraction of sp³-hybridized carbons (Fsp3) is 0.300. The Balaban J connectivity index is 1.90. The summed E-state index contributed by atoms with van der Waals surface area (Å²) in [6.07, 6.45) is 3.39.